The Balaban J connectivity index is 3.42. The molecule has 1 rings (SSSR count). The second-order valence-electron chi connectivity index (χ2n) is 7.39. The van der Waals surface area contributed by atoms with Gasteiger partial charge in [0.1, 0.15) is 11.7 Å². The van der Waals surface area contributed by atoms with Crippen LogP contribution >= 0.6 is 0 Å². The SMILES string of the molecule is C=C[C@@H]1C[C@H](C(C)=O)N(C(=O)OC(C)(C)C)[C@H]1C(CN=[N+]=[N-])OS(C)(=O)=O. The van der Waals surface area contributed by atoms with Crippen LogP contribution in [0, 0.1) is 5.92 Å². The Morgan fingerprint density at radius 2 is 2.04 bits per heavy atom. The molecular weight excluding hydrogens is 376 g/mol. The molecule has 1 aliphatic heterocycles. The molecule has 1 unspecified atom stereocenters. The van der Waals surface area contributed by atoms with E-state index in [-0.39, 0.29) is 18.7 Å². The van der Waals surface area contributed by atoms with Crippen molar-refractivity contribution < 1.29 is 26.9 Å². The predicted octanol–water partition coefficient (Wildman–Crippen LogP) is 2.41. The lowest BCUT2D eigenvalue weighted by atomic mass is 9.94. The highest BCUT2D eigenvalue weighted by Gasteiger charge is 2.50. The van der Waals surface area contributed by atoms with Crippen LogP contribution in [0.25, 0.3) is 10.4 Å². The Kier molecular flexibility index (Phi) is 7.41. The molecule has 0 aromatic heterocycles. The molecule has 10 nitrogen and oxygen atoms in total. The largest absolute Gasteiger partial charge is 0.444 e. The minimum Gasteiger partial charge on any atom is -0.444 e. The van der Waals surface area contributed by atoms with Crippen molar-refractivity contribution in [2.45, 2.75) is 57.9 Å². The van der Waals surface area contributed by atoms with Gasteiger partial charge in [0.15, 0.2) is 5.78 Å². The summed E-state index contributed by atoms with van der Waals surface area (Å²) in [6.45, 7) is 9.73. The van der Waals surface area contributed by atoms with Gasteiger partial charge in [0, 0.05) is 10.8 Å². The van der Waals surface area contributed by atoms with Gasteiger partial charge in [-0.1, -0.05) is 11.2 Å². The Bertz CT molecular complexity index is 738. The first kappa shape index (κ1) is 22.9. The van der Waals surface area contributed by atoms with Crippen LogP contribution in [0.3, 0.4) is 0 Å². The minimum absolute atomic E-state index is 0.239. The van der Waals surface area contributed by atoms with Crippen LogP contribution in [0.1, 0.15) is 34.1 Å². The summed E-state index contributed by atoms with van der Waals surface area (Å²) in [6, 6.07) is -1.73. The van der Waals surface area contributed by atoms with Gasteiger partial charge >= 0.3 is 6.09 Å². The van der Waals surface area contributed by atoms with E-state index in [4.69, 9.17) is 14.5 Å². The maximum Gasteiger partial charge on any atom is 0.411 e. The zero-order chi connectivity index (χ0) is 21.0. The summed E-state index contributed by atoms with van der Waals surface area (Å²) in [4.78, 5) is 28.7. The topological polar surface area (TPSA) is 139 Å². The Hall–Kier alpha value is -2.10. The molecule has 4 atom stereocenters. The van der Waals surface area contributed by atoms with Crippen LogP contribution in [0.2, 0.25) is 0 Å². The van der Waals surface area contributed by atoms with E-state index in [1.165, 1.54) is 17.9 Å². The van der Waals surface area contributed by atoms with Crippen molar-refractivity contribution in [2.24, 2.45) is 11.0 Å². The van der Waals surface area contributed by atoms with Gasteiger partial charge in [0.2, 0.25) is 0 Å². The van der Waals surface area contributed by atoms with Crippen molar-refractivity contribution in [3.8, 4) is 0 Å². The number of Topliss-reactive ketones (excluding diaryl/α,β-unsaturated/α-hetero) is 1. The highest BCUT2D eigenvalue weighted by molar-refractivity contribution is 7.86. The lowest BCUT2D eigenvalue weighted by molar-refractivity contribution is -0.122. The molecule has 11 heteroatoms. The van der Waals surface area contributed by atoms with Crippen LogP contribution in [0.15, 0.2) is 17.8 Å². The molecule has 1 aliphatic rings. The Labute approximate surface area is 159 Å². The molecule has 1 fully saturated rings. The van der Waals surface area contributed by atoms with Crippen molar-refractivity contribution in [3.63, 3.8) is 0 Å². The minimum atomic E-state index is -3.93. The van der Waals surface area contributed by atoms with Gasteiger partial charge in [0.25, 0.3) is 10.1 Å². The van der Waals surface area contributed by atoms with E-state index >= 15 is 0 Å². The summed E-state index contributed by atoms with van der Waals surface area (Å²) in [5.41, 5.74) is 7.80. The number of ketones is 1. The number of rotatable bonds is 7. The Morgan fingerprint density at radius 3 is 2.44 bits per heavy atom. The van der Waals surface area contributed by atoms with Crippen molar-refractivity contribution in [3.05, 3.63) is 23.1 Å². The number of hydrogen-bond acceptors (Lipinski definition) is 7. The second-order valence-corrected chi connectivity index (χ2v) is 8.99. The third-order valence-corrected chi connectivity index (χ3v) is 4.57. The summed E-state index contributed by atoms with van der Waals surface area (Å²) in [6.07, 6.45) is 0.659. The number of ether oxygens (including phenoxy) is 1. The number of carbonyl (C=O) groups is 2. The summed E-state index contributed by atoms with van der Waals surface area (Å²) in [5.74, 6) is -0.732. The first-order chi connectivity index (χ1) is 12.3. The van der Waals surface area contributed by atoms with Crippen LogP contribution in [0.5, 0.6) is 0 Å². The maximum absolute atomic E-state index is 12.8. The van der Waals surface area contributed by atoms with Crippen molar-refractivity contribution in [1.82, 2.24) is 4.90 Å². The second kappa shape index (κ2) is 8.73. The molecule has 1 amide bonds. The molecule has 152 valence electrons. The summed E-state index contributed by atoms with van der Waals surface area (Å²) < 4.78 is 33.9. The molecule has 0 aromatic carbocycles. The van der Waals surface area contributed by atoms with Crippen LogP contribution in [0.4, 0.5) is 4.79 Å². The zero-order valence-electron chi connectivity index (χ0n) is 16.2. The normalized spacial score (nSPS) is 24.0. The average Bonchev–Trinajstić information content (AvgIpc) is 2.88. The molecule has 1 heterocycles. The van der Waals surface area contributed by atoms with Crippen LogP contribution in [-0.2, 0) is 23.8 Å². The summed E-state index contributed by atoms with van der Waals surface area (Å²) >= 11 is 0. The number of amides is 1. The van der Waals surface area contributed by atoms with Gasteiger partial charge in [0.05, 0.1) is 24.9 Å². The average molecular weight is 402 g/mol. The fraction of sp³-hybridized carbons (Fsp3) is 0.750. The van der Waals surface area contributed by atoms with Crippen molar-refractivity contribution in [1.29, 1.82) is 0 Å². The van der Waals surface area contributed by atoms with Crippen LogP contribution in [-0.4, -0.2) is 61.8 Å². The smallest absolute Gasteiger partial charge is 0.411 e. The zero-order valence-corrected chi connectivity index (χ0v) is 17.0. The molecular formula is C16H26N4O6S. The molecule has 27 heavy (non-hydrogen) atoms. The third-order valence-electron chi connectivity index (χ3n) is 3.97. The number of likely N-dealkylation sites (tertiary alicyclic amines) is 1. The van der Waals surface area contributed by atoms with E-state index in [2.05, 4.69) is 16.6 Å². The molecule has 0 radical (unpaired) electrons. The Morgan fingerprint density at radius 1 is 1.44 bits per heavy atom. The van der Waals surface area contributed by atoms with E-state index in [9.17, 15) is 18.0 Å². The van der Waals surface area contributed by atoms with Gasteiger partial charge in [-0.15, -0.1) is 6.58 Å². The molecule has 0 aliphatic carbocycles. The molecule has 0 aromatic rings. The highest BCUT2D eigenvalue weighted by atomic mass is 32.2. The van der Waals surface area contributed by atoms with E-state index < -0.39 is 45.9 Å². The monoisotopic (exact) mass is 402 g/mol. The standard InChI is InChI=1S/C16H26N4O6S/c1-7-11-8-12(10(2)21)20(15(22)25-16(3,4)5)14(11)13(9-18-19-17)26-27(6,23)24/h7,11-14H,1,8-9H2,2-6H3/t11-,12-,13?,14-/m1/s1. The van der Waals surface area contributed by atoms with Crippen molar-refractivity contribution >= 4 is 22.0 Å². The molecule has 0 spiro atoms. The van der Waals surface area contributed by atoms with Gasteiger partial charge < -0.3 is 4.74 Å². The molecule has 0 N–H and O–H groups in total. The summed E-state index contributed by atoms with van der Waals surface area (Å²) in [7, 11) is -3.93. The van der Waals surface area contributed by atoms with Crippen LogP contribution < -0.4 is 0 Å². The fourth-order valence-corrected chi connectivity index (χ4v) is 3.70. The van der Waals surface area contributed by atoms with E-state index in [1.807, 2.05) is 0 Å². The molecule has 1 saturated heterocycles. The maximum atomic E-state index is 12.8. The van der Waals surface area contributed by atoms with Crippen molar-refractivity contribution in [2.75, 3.05) is 12.8 Å². The highest BCUT2D eigenvalue weighted by Crippen LogP contribution is 2.36. The fourth-order valence-electron chi connectivity index (χ4n) is 3.08. The first-order valence-electron chi connectivity index (χ1n) is 8.34. The summed E-state index contributed by atoms with van der Waals surface area (Å²) in [5, 5.41) is 3.40. The number of azide groups is 1. The first-order valence-corrected chi connectivity index (χ1v) is 10.2. The van der Waals surface area contributed by atoms with E-state index in [1.54, 1.807) is 20.8 Å². The van der Waals surface area contributed by atoms with E-state index in [0.717, 1.165) is 6.26 Å². The number of carbonyl (C=O) groups excluding carboxylic acids is 2. The van der Waals surface area contributed by atoms with Gasteiger partial charge in [-0.25, -0.2) is 4.79 Å². The molecule has 0 saturated carbocycles. The lowest BCUT2D eigenvalue weighted by Crippen LogP contribution is -2.53. The third kappa shape index (κ3) is 6.53. The predicted molar refractivity (Wildman–Crippen MR) is 98.4 cm³/mol. The lowest BCUT2D eigenvalue weighted by Gasteiger charge is -2.35. The number of hydrogen-bond donors (Lipinski definition) is 0. The number of nitrogens with zero attached hydrogens (tertiary/aromatic N) is 4. The van der Waals surface area contributed by atoms with Gasteiger partial charge in [-0.2, -0.15) is 8.42 Å². The van der Waals surface area contributed by atoms with Gasteiger partial charge in [-0.05, 0) is 39.6 Å². The van der Waals surface area contributed by atoms with E-state index in [0.29, 0.717) is 0 Å². The quantitative estimate of drug-likeness (QED) is 0.211. The van der Waals surface area contributed by atoms with Gasteiger partial charge in [-0.3, -0.25) is 13.9 Å². The molecule has 0 bridgehead atoms.